The van der Waals surface area contributed by atoms with Crippen molar-refractivity contribution in [3.63, 3.8) is 0 Å². The Morgan fingerprint density at radius 2 is 1.52 bits per heavy atom. The SMILES string of the molecule is COc1ccc(C2C3=C(CC(C)(C)CC3=O)OC3=C2C(=O)c2ccccc2C3=O)cc1. The molecule has 5 rings (SSSR count). The zero-order chi connectivity index (χ0) is 21.9. The van der Waals surface area contributed by atoms with E-state index in [0.29, 0.717) is 41.1 Å². The van der Waals surface area contributed by atoms with Gasteiger partial charge in [0.05, 0.1) is 12.7 Å². The van der Waals surface area contributed by atoms with Crippen molar-refractivity contribution in [2.45, 2.75) is 32.6 Å². The van der Waals surface area contributed by atoms with Crippen LogP contribution in [0.3, 0.4) is 0 Å². The highest BCUT2D eigenvalue weighted by Gasteiger charge is 2.48. The summed E-state index contributed by atoms with van der Waals surface area (Å²) in [6, 6.07) is 14.0. The van der Waals surface area contributed by atoms with E-state index in [2.05, 4.69) is 0 Å². The Bertz CT molecular complexity index is 1210. The number of hydrogen-bond acceptors (Lipinski definition) is 5. The Kier molecular flexibility index (Phi) is 4.26. The second kappa shape index (κ2) is 6.77. The average molecular weight is 414 g/mol. The van der Waals surface area contributed by atoms with Gasteiger partial charge < -0.3 is 9.47 Å². The zero-order valence-corrected chi connectivity index (χ0v) is 17.7. The summed E-state index contributed by atoms with van der Waals surface area (Å²) in [5.74, 6) is -0.0427. The number of rotatable bonds is 2. The standard InChI is InChI=1S/C26H22O5/c1-26(2)12-18(27)21-19(13-26)31-25-22(20(21)14-8-10-15(30-3)11-9-14)23(28)16-6-4-5-7-17(16)24(25)29/h4-11,20H,12-13H2,1-3H3. The molecular formula is C26H22O5. The molecule has 2 aromatic carbocycles. The molecular weight excluding hydrogens is 392 g/mol. The fourth-order valence-electron chi connectivity index (χ4n) is 4.82. The van der Waals surface area contributed by atoms with Crippen LogP contribution in [-0.4, -0.2) is 24.5 Å². The quantitative estimate of drug-likeness (QED) is 0.707. The van der Waals surface area contributed by atoms with Crippen molar-refractivity contribution < 1.29 is 23.9 Å². The number of methoxy groups -OCH3 is 1. The number of fused-ring (bicyclic) bond motifs is 1. The lowest BCUT2D eigenvalue weighted by Crippen LogP contribution is -2.37. The van der Waals surface area contributed by atoms with Crippen molar-refractivity contribution in [1.82, 2.24) is 0 Å². The lowest BCUT2D eigenvalue weighted by Gasteiger charge is -2.39. The molecule has 3 aliphatic rings. The second-order valence-electron chi connectivity index (χ2n) is 9.03. The molecule has 0 spiro atoms. The summed E-state index contributed by atoms with van der Waals surface area (Å²) < 4.78 is 11.3. The lowest BCUT2D eigenvalue weighted by molar-refractivity contribution is -0.119. The first-order chi connectivity index (χ1) is 14.8. The third kappa shape index (κ3) is 2.95. The van der Waals surface area contributed by atoms with E-state index in [0.717, 1.165) is 5.56 Å². The minimum atomic E-state index is -0.641. The summed E-state index contributed by atoms with van der Waals surface area (Å²) >= 11 is 0. The van der Waals surface area contributed by atoms with E-state index in [1.165, 1.54) is 0 Å². The van der Waals surface area contributed by atoms with Gasteiger partial charge in [-0.1, -0.05) is 50.2 Å². The maximum absolute atomic E-state index is 13.6. The highest BCUT2D eigenvalue weighted by atomic mass is 16.5. The number of ketones is 3. The van der Waals surface area contributed by atoms with Crippen LogP contribution in [0.1, 0.15) is 58.9 Å². The summed E-state index contributed by atoms with van der Waals surface area (Å²) in [4.78, 5) is 40.2. The highest BCUT2D eigenvalue weighted by Crippen LogP contribution is 2.51. The lowest BCUT2D eigenvalue weighted by atomic mass is 9.67. The van der Waals surface area contributed by atoms with E-state index in [9.17, 15) is 14.4 Å². The summed E-state index contributed by atoms with van der Waals surface area (Å²) in [7, 11) is 1.58. The molecule has 2 aliphatic carbocycles. The van der Waals surface area contributed by atoms with Crippen LogP contribution in [0.15, 0.2) is 71.2 Å². The van der Waals surface area contributed by atoms with Crippen molar-refractivity contribution in [1.29, 1.82) is 0 Å². The summed E-state index contributed by atoms with van der Waals surface area (Å²) in [5.41, 5.74) is 1.91. The van der Waals surface area contributed by atoms with Gasteiger partial charge in [-0.15, -0.1) is 0 Å². The minimum Gasteiger partial charge on any atom is -0.497 e. The van der Waals surface area contributed by atoms with Crippen LogP contribution in [0.25, 0.3) is 0 Å². The summed E-state index contributed by atoms with van der Waals surface area (Å²) in [5, 5.41) is 0. The van der Waals surface area contributed by atoms with Gasteiger partial charge in [0.25, 0.3) is 0 Å². The Hall–Kier alpha value is -3.47. The fraction of sp³-hybridized carbons (Fsp3) is 0.269. The van der Waals surface area contributed by atoms with Crippen LogP contribution in [-0.2, 0) is 9.53 Å². The topological polar surface area (TPSA) is 69.7 Å². The van der Waals surface area contributed by atoms with Gasteiger partial charge in [0.2, 0.25) is 5.78 Å². The predicted octanol–water partition coefficient (Wildman–Crippen LogP) is 4.79. The van der Waals surface area contributed by atoms with Crippen LogP contribution < -0.4 is 4.74 Å². The third-order valence-corrected chi connectivity index (χ3v) is 6.24. The van der Waals surface area contributed by atoms with Crippen LogP contribution in [0.2, 0.25) is 0 Å². The van der Waals surface area contributed by atoms with E-state index in [1.54, 1.807) is 43.5 Å². The number of carbonyl (C=O) groups is 3. The number of ether oxygens (including phenoxy) is 2. The third-order valence-electron chi connectivity index (χ3n) is 6.24. The van der Waals surface area contributed by atoms with Gasteiger partial charge >= 0.3 is 0 Å². The van der Waals surface area contributed by atoms with Gasteiger partial charge in [0.1, 0.15) is 11.5 Å². The van der Waals surface area contributed by atoms with Gasteiger partial charge in [0, 0.05) is 35.5 Å². The van der Waals surface area contributed by atoms with Gasteiger partial charge in [0.15, 0.2) is 17.3 Å². The van der Waals surface area contributed by atoms with Crippen LogP contribution in [0.5, 0.6) is 5.75 Å². The van der Waals surface area contributed by atoms with Gasteiger partial charge in [-0.3, -0.25) is 14.4 Å². The Balaban J connectivity index is 1.74. The molecule has 1 aliphatic heterocycles. The molecule has 1 heterocycles. The molecule has 31 heavy (non-hydrogen) atoms. The summed E-state index contributed by atoms with van der Waals surface area (Å²) in [6.07, 6.45) is 0.893. The average Bonchev–Trinajstić information content (AvgIpc) is 2.75. The molecule has 0 saturated heterocycles. The zero-order valence-electron chi connectivity index (χ0n) is 17.7. The van der Waals surface area contributed by atoms with Crippen molar-refractivity contribution >= 4 is 17.3 Å². The monoisotopic (exact) mass is 414 g/mol. The molecule has 0 fully saturated rings. The maximum atomic E-state index is 13.6. The van der Waals surface area contributed by atoms with Gasteiger partial charge in [-0.25, -0.2) is 0 Å². The highest BCUT2D eigenvalue weighted by molar-refractivity contribution is 6.27. The Labute approximate surface area is 180 Å². The molecule has 2 aromatic rings. The van der Waals surface area contributed by atoms with Crippen molar-refractivity contribution in [2.24, 2.45) is 5.41 Å². The van der Waals surface area contributed by atoms with Crippen molar-refractivity contribution in [2.75, 3.05) is 7.11 Å². The van der Waals surface area contributed by atoms with E-state index in [1.807, 2.05) is 26.0 Å². The summed E-state index contributed by atoms with van der Waals surface area (Å²) in [6.45, 7) is 4.01. The molecule has 0 radical (unpaired) electrons. The number of Topliss-reactive ketones (excluding diaryl/α,β-unsaturated/α-hetero) is 3. The fourth-order valence-corrected chi connectivity index (χ4v) is 4.82. The van der Waals surface area contributed by atoms with E-state index >= 15 is 0 Å². The molecule has 1 unspecified atom stereocenters. The first kappa shape index (κ1) is 19.5. The Morgan fingerprint density at radius 1 is 0.871 bits per heavy atom. The number of allylic oxidation sites excluding steroid dienone is 4. The predicted molar refractivity (Wildman–Crippen MR) is 114 cm³/mol. The Morgan fingerprint density at radius 3 is 2.16 bits per heavy atom. The molecule has 0 bridgehead atoms. The normalized spacial score (nSPS) is 21.9. The first-order valence-electron chi connectivity index (χ1n) is 10.3. The minimum absolute atomic E-state index is 0.0438. The molecule has 0 amide bonds. The molecule has 156 valence electrons. The van der Waals surface area contributed by atoms with E-state index in [-0.39, 0.29) is 34.1 Å². The first-order valence-corrected chi connectivity index (χ1v) is 10.3. The largest absolute Gasteiger partial charge is 0.497 e. The van der Waals surface area contributed by atoms with Crippen molar-refractivity contribution in [3.8, 4) is 5.75 Å². The van der Waals surface area contributed by atoms with Crippen LogP contribution >= 0.6 is 0 Å². The number of benzene rings is 2. The van der Waals surface area contributed by atoms with Gasteiger partial charge in [-0.2, -0.15) is 0 Å². The maximum Gasteiger partial charge on any atom is 0.229 e. The molecule has 0 aromatic heterocycles. The van der Waals surface area contributed by atoms with Crippen molar-refractivity contribution in [3.05, 3.63) is 87.9 Å². The smallest absolute Gasteiger partial charge is 0.229 e. The van der Waals surface area contributed by atoms with E-state index < -0.39 is 5.92 Å². The van der Waals surface area contributed by atoms with Gasteiger partial charge in [-0.05, 0) is 23.1 Å². The molecule has 5 nitrogen and oxygen atoms in total. The molecule has 1 atom stereocenters. The second-order valence-corrected chi connectivity index (χ2v) is 9.03. The van der Waals surface area contributed by atoms with Crippen LogP contribution in [0, 0.1) is 5.41 Å². The molecule has 5 heteroatoms. The molecule has 0 saturated carbocycles. The van der Waals surface area contributed by atoms with E-state index in [4.69, 9.17) is 9.47 Å². The number of hydrogen-bond donors (Lipinski definition) is 0. The van der Waals surface area contributed by atoms with Crippen LogP contribution in [0.4, 0.5) is 0 Å². The molecule has 0 N–H and O–H groups in total. The number of carbonyl (C=O) groups excluding carboxylic acids is 3.